The van der Waals surface area contributed by atoms with Gasteiger partial charge in [0.25, 0.3) is 0 Å². The molecular formula is C2H6Cl3N3O. The fourth-order valence-electron chi connectivity index (χ4n) is 0.214. The maximum atomic E-state index is 9.90. The van der Waals surface area contributed by atoms with Gasteiger partial charge in [-0.2, -0.15) is 5.10 Å². The maximum Gasteiger partial charge on any atom is 0.340 e. The molecule has 0 saturated heterocycles. The summed E-state index contributed by atoms with van der Waals surface area (Å²) in [6.07, 6.45) is 1.29. The van der Waals surface area contributed by atoms with Crippen molar-refractivity contribution in [3.8, 4) is 0 Å². The molecule has 0 aromatic carbocycles. The van der Waals surface area contributed by atoms with Gasteiger partial charge >= 0.3 is 5.69 Å². The third-order valence-corrected chi connectivity index (χ3v) is 0.426. The highest BCUT2D eigenvalue weighted by molar-refractivity contribution is 5.86. The second-order valence-corrected chi connectivity index (χ2v) is 0.843. The zero-order valence-corrected chi connectivity index (χ0v) is 6.61. The number of hydrogen-bond donors (Lipinski definition) is 2. The van der Waals surface area contributed by atoms with Crippen LogP contribution in [-0.2, 0) is 0 Å². The topological polar surface area (TPSA) is 61.5 Å². The monoisotopic (exact) mass is 193 g/mol. The molecule has 0 aliphatic carbocycles. The zero-order valence-electron chi connectivity index (χ0n) is 4.16. The van der Waals surface area contributed by atoms with Crippen LogP contribution in [0.5, 0.6) is 0 Å². The van der Waals surface area contributed by atoms with Gasteiger partial charge in [-0.15, -0.1) is 37.2 Å². The van der Waals surface area contributed by atoms with Crippen molar-refractivity contribution in [1.82, 2.24) is 15.2 Å². The SMILES string of the molecule is Cl.Cl.Cl.O=c1[nH]cn[nH]1. The van der Waals surface area contributed by atoms with E-state index in [1.165, 1.54) is 6.33 Å². The third-order valence-electron chi connectivity index (χ3n) is 0.426. The summed E-state index contributed by atoms with van der Waals surface area (Å²) >= 11 is 0. The largest absolute Gasteiger partial charge is 0.340 e. The number of halogens is 3. The smallest absolute Gasteiger partial charge is 0.296 e. The number of nitrogens with zero attached hydrogens (tertiary/aromatic N) is 1. The summed E-state index contributed by atoms with van der Waals surface area (Å²) in [5.41, 5.74) is -0.269. The van der Waals surface area contributed by atoms with Gasteiger partial charge in [-0.05, 0) is 0 Å². The van der Waals surface area contributed by atoms with Gasteiger partial charge in [0.1, 0.15) is 6.33 Å². The number of aromatic amines is 2. The van der Waals surface area contributed by atoms with Gasteiger partial charge < -0.3 is 0 Å². The molecule has 0 aliphatic rings. The molecular weight excluding hydrogens is 188 g/mol. The highest BCUT2D eigenvalue weighted by atomic mass is 35.5. The van der Waals surface area contributed by atoms with Crippen LogP contribution in [0.2, 0.25) is 0 Å². The first-order valence-corrected chi connectivity index (χ1v) is 1.47. The van der Waals surface area contributed by atoms with Crippen LogP contribution in [0.15, 0.2) is 11.1 Å². The highest BCUT2D eigenvalue weighted by Gasteiger charge is 1.70. The molecule has 0 bridgehead atoms. The number of H-pyrrole nitrogens is 2. The van der Waals surface area contributed by atoms with Crippen LogP contribution >= 0.6 is 37.2 Å². The van der Waals surface area contributed by atoms with Crippen LogP contribution in [0.3, 0.4) is 0 Å². The molecule has 0 unspecified atom stereocenters. The Kier molecular flexibility index (Phi) is 13.8. The Hall–Kier alpha value is -0.190. The first kappa shape index (κ1) is 15.9. The van der Waals surface area contributed by atoms with Gasteiger partial charge in [0, 0.05) is 0 Å². The Balaban J connectivity index is -0.000000120. The van der Waals surface area contributed by atoms with Crippen LogP contribution in [-0.4, -0.2) is 15.2 Å². The Morgan fingerprint density at radius 3 is 2.00 bits per heavy atom. The molecule has 9 heavy (non-hydrogen) atoms. The lowest BCUT2D eigenvalue weighted by Gasteiger charge is -1.49. The normalized spacial score (nSPS) is 5.78. The Bertz CT molecular complexity index is 155. The molecule has 1 rings (SSSR count). The summed E-state index contributed by atoms with van der Waals surface area (Å²) in [6.45, 7) is 0. The molecule has 1 aromatic heterocycles. The lowest BCUT2D eigenvalue weighted by molar-refractivity contribution is 1.05. The minimum atomic E-state index is -0.269. The Morgan fingerprint density at radius 1 is 1.33 bits per heavy atom. The molecule has 0 radical (unpaired) electrons. The van der Waals surface area contributed by atoms with Gasteiger partial charge in [-0.25, -0.2) is 9.89 Å². The summed E-state index contributed by atoms with van der Waals surface area (Å²) in [5, 5.41) is 5.47. The lowest BCUT2D eigenvalue weighted by Crippen LogP contribution is -1.99. The van der Waals surface area contributed by atoms with Crippen LogP contribution < -0.4 is 5.69 Å². The molecule has 0 atom stereocenters. The fraction of sp³-hybridized carbons (Fsp3) is 0. The molecule has 0 amide bonds. The highest BCUT2D eigenvalue weighted by Crippen LogP contribution is 1.42. The van der Waals surface area contributed by atoms with Crippen molar-refractivity contribution in [2.45, 2.75) is 0 Å². The van der Waals surface area contributed by atoms with E-state index in [1.807, 2.05) is 0 Å². The summed E-state index contributed by atoms with van der Waals surface area (Å²) in [6, 6.07) is 0. The molecule has 4 nitrogen and oxygen atoms in total. The van der Waals surface area contributed by atoms with E-state index in [4.69, 9.17) is 0 Å². The van der Waals surface area contributed by atoms with Crippen molar-refractivity contribution >= 4 is 37.2 Å². The van der Waals surface area contributed by atoms with Crippen molar-refractivity contribution in [2.75, 3.05) is 0 Å². The maximum absolute atomic E-state index is 9.90. The first-order chi connectivity index (χ1) is 2.89. The van der Waals surface area contributed by atoms with Crippen molar-refractivity contribution in [3.63, 3.8) is 0 Å². The van der Waals surface area contributed by atoms with E-state index >= 15 is 0 Å². The Morgan fingerprint density at radius 2 is 1.89 bits per heavy atom. The van der Waals surface area contributed by atoms with E-state index in [2.05, 4.69) is 15.2 Å². The van der Waals surface area contributed by atoms with Gasteiger partial charge in [0.2, 0.25) is 0 Å². The predicted molar refractivity (Wildman–Crippen MR) is 41.0 cm³/mol. The van der Waals surface area contributed by atoms with Crippen LogP contribution in [0.4, 0.5) is 0 Å². The molecule has 56 valence electrons. The van der Waals surface area contributed by atoms with E-state index < -0.39 is 0 Å². The number of aromatic nitrogens is 3. The lowest BCUT2D eigenvalue weighted by atomic mass is 11.3. The summed E-state index contributed by atoms with van der Waals surface area (Å²) in [7, 11) is 0. The standard InChI is InChI=1S/C2H3N3O.3ClH/c6-2-3-1-4-5-2;;;/h1H,(H2,3,4,5,6);3*1H. The third kappa shape index (κ3) is 5.68. The average molecular weight is 194 g/mol. The van der Waals surface area contributed by atoms with Crippen LogP contribution in [0.25, 0.3) is 0 Å². The van der Waals surface area contributed by atoms with E-state index in [9.17, 15) is 4.79 Å². The second-order valence-electron chi connectivity index (χ2n) is 0.843. The molecule has 1 heterocycles. The molecule has 0 spiro atoms. The van der Waals surface area contributed by atoms with E-state index in [-0.39, 0.29) is 42.9 Å². The summed E-state index contributed by atoms with van der Waals surface area (Å²) < 4.78 is 0. The van der Waals surface area contributed by atoms with Crippen molar-refractivity contribution in [3.05, 3.63) is 16.8 Å². The number of nitrogens with one attached hydrogen (secondary N) is 2. The molecule has 2 N–H and O–H groups in total. The van der Waals surface area contributed by atoms with Gasteiger partial charge in [0.05, 0.1) is 0 Å². The summed E-state index contributed by atoms with van der Waals surface area (Å²) in [5.74, 6) is 0. The molecule has 7 heteroatoms. The van der Waals surface area contributed by atoms with Gasteiger partial charge in [-0.1, -0.05) is 0 Å². The van der Waals surface area contributed by atoms with Crippen molar-refractivity contribution in [2.24, 2.45) is 0 Å². The fourth-order valence-corrected chi connectivity index (χ4v) is 0.214. The van der Waals surface area contributed by atoms with Gasteiger partial charge in [-0.3, -0.25) is 4.98 Å². The minimum Gasteiger partial charge on any atom is -0.296 e. The quantitative estimate of drug-likeness (QED) is 0.627. The molecule has 1 aromatic rings. The zero-order chi connectivity index (χ0) is 4.41. The van der Waals surface area contributed by atoms with E-state index in [1.54, 1.807) is 0 Å². The minimum absolute atomic E-state index is 0. The second kappa shape index (κ2) is 7.81. The van der Waals surface area contributed by atoms with Crippen molar-refractivity contribution < 1.29 is 0 Å². The first-order valence-electron chi connectivity index (χ1n) is 1.47. The van der Waals surface area contributed by atoms with E-state index in [0.29, 0.717) is 0 Å². The molecule has 0 aliphatic heterocycles. The Labute approximate surface area is 69.7 Å². The predicted octanol–water partition coefficient (Wildman–Crippen LogP) is 0.363. The van der Waals surface area contributed by atoms with Crippen molar-refractivity contribution in [1.29, 1.82) is 0 Å². The van der Waals surface area contributed by atoms with E-state index in [0.717, 1.165) is 0 Å². The van der Waals surface area contributed by atoms with Gasteiger partial charge in [0.15, 0.2) is 0 Å². The van der Waals surface area contributed by atoms with Crippen LogP contribution in [0.1, 0.15) is 0 Å². The summed E-state index contributed by atoms with van der Waals surface area (Å²) in [4.78, 5) is 12.2. The average Bonchev–Trinajstić information content (AvgIpc) is 1.86. The number of rotatable bonds is 0. The molecule has 0 saturated carbocycles. The van der Waals surface area contributed by atoms with Crippen LogP contribution in [0, 0.1) is 0 Å². The number of hydrogen-bond acceptors (Lipinski definition) is 2. The molecule has 0 fully saturated rings.